The van der Waals surface area contributed by atoms with Crippen LogP contribution in [0.4, 0.5) is 4.39 Å². The van der Waals surface area contributed by atoms with Crippen molar-refractivity contribution in [2.24, 2.45) is 0 Å². The molecule has 0 bridgehead atoms. The highest BCUT2D eigenvalue weighted by Crippen LogP contribution is 2.22. The molecule has 1 heterocycles. The van der Waals surface area contributed by atoms with Crippen molar-refractivity contribution >= 4 is 0 Å². The Morgan fingerprint density at radius 1 is 1.26 bits per heavy atom. The monoisotopic (exact) mass is 260 g/mol. The molecule has 1 N–H and O–H groups in total. The van der Waals surface area contributed by atoms with E-state index in [2.05, 4.69) is 9.97 Å². The maximum absolute atomic E-state index is 13.3. The molecule has 2 aromatic rings. The lowest BCUT2D eigenvalue weighted by molar-refractivity contribution is 0.257. The fourth-order valence-corrected chi connectivity index (χ4v) is 1.96. The summed E-state index contributed by atoms with van der Waals surface area (Å²) in [6, 6.07) is 8.15. The number of aromatic nitrogens is 2. The van der Waals surface area contributed by atoms with E-state index in [0.29, 0.717) is 11.5 Å². The third-order valence-electron chi connectivity index (χ3n) is 3.07. The average molecular weight is 260 g/mol. The van der Waals surface area contributed by atoms with E-state index in [1.54, 1.807) is 6.07 Å². The summed E-state index contributed by atoms with van der Waals surface area (Å²) in [6.07, 6.45) is 0.766. The minimum Gasteiger partial charge on any atom is -0.396 e. The summed E-state index contributed by atoms with van der Waals surface area (Å²) in [5, 5.41) is 9.34. The minimum absolute atomic E-state index is 0.0164. The average Bonchev–Trinajstić information content (AvgIpc) is 2.39. The number of aryl methyl sites for hydroxylation is 1. The molecule has 2 rings (SSSR count). The number of nitrogens with zero attached hydrogens (tertiary/aromatic N) is 2. The Morgan fingerprint density at radius 2 is 2.05 bits per heavy atom. The number of halogens is 1. The Balaban J connectivity index is 2.47. The lowest BCUT2D eigenvalue weighted by atomic mass is 10.1. The van der Waals surface area contributed by atoms with Gasteiger partial charge in [-0.1, -0.05) is 19.1 Å². The van der Waals surface area contributed by atoms with Gasteiger partial charge < -0.3 is 5.11 Å². The lowest BCUT2D eigenvalue weighted by Crippen LogP contribution is -2.09. The Labute approximate surface area is 112 Å². The zero-order valence-electron chi connectivity index (χ0n) is 11.1. The molecule has 1 atom stereocenters. The van der Waals surface area contributed by atoms with Gasteiger partial charge in [-0.15, -0.1) is 0 Å². The van der Waals surface area contributed by atoms with Crippen molar-refractivity contribution in [1.82, 2.24) is 9.97 Å². The van der Waals surface area contributed by atoms with Gasteiger partial charge in [-0.3, -0.25) is 0 Å². The van der Waals surface area contributed by atoms with Gasteiger partial charge in [0.05, 0.1) is 12.3 Å². The molecule has 0 aliphatic carbocycles. The molecule has 0 amide bonds. The molecular formula is C15H17FN2O. The van der Waals surface area contributed by atoms with Gasteiger partial charge >= 0.3 is 0 Å². The molecule has 0 fully saturated rings. The highest BCUT2D eigenvalue weighted by molar-refractivity contribution is 5.59. The third-order valence-corrected chi connectivity index (χ3v) is 3.07. The molecule has 0 radical (unpaired) electrons. The van der Waals surface area contributed by atoms with Crippen LogP contribution in [-0.4, -0.2) is 21.7 Å². The van der Waals surface area contributed by atoms with Crippen molar-refractivity contribution in [3.05, 3.63) is 47.7 Å². The Bertz CT molecular complexity index is 568. The van der Waals surface area contributed by atoms with Crippen molar-refractivity contribution in [3.63, 3.8) is 0 Å². The summed E-state index contributed by atoms with van der Waals surface area (Å²) in [5.41, 5.74) is 2.23. The van der Waals surface area contributed by atoms with Crippen molar-refractivity contribution in [3.8, 4) is 11.3 Å². The van der Waals surface area contributed by atoms with Crippen molar-refractivity contribution < 1.29 is 9.50 Å². The zero-order chi connectivity index (χ0) is 13.8. The first-order valence-electron chi connectivity index (χ1n) is 6.36. The van der Waals surface area contributed by atoms with Gasteiger partial charge in [-0.25, -0.2) is 14.4 Å². The van der Waals surface area contributed by atoms with Crippen LogP contribution < -0.4 is 0 Å². The minimum atomic E-state index is -0.287. The van der Waals surface area contributed by atoms with Crippen LogP contribution in [0.15, 0.2) is 30.3 Å². The highest BCUT2D eigenvalue weighted by Gasteiger charge is 2.13. The fraction of sp³-hybridized carbons (Fsp3) is 0.333. The van der Waals surface area contributed by atoms with E-state index in [0.717, 1.165) is 17.7 Å². The van der Waals surface area contributed by atoms with E-state index >= 15 is 0 Å². The number of hydrogen-bond donors (Lipinski definition) is 1. The van der Waals surface area contributed by atoms with Crippen LogP contribution in [0, 0.1) is 12.7 Å². The molecule has 1 unspecified atom stereocenters. The summed E-state index contributed by atoms with van der Waals surface area (Å²) < 4.78 is 13.3. The van der Waals surface area contributed by atoms with Crippen LogP contribution in [-0.2, 0) is 0 Å². The second-order valence-corrected chi connectivity index (χ2v) is 4.55. The summed E-state index contributed by atoms with van der Waals surface area (Å²) >= 11 is 0. The van der Waals surface area contributed by atoms with E-state index in [-0.39, 0.29) is 18.3 Å². The van der Waals surface area contributed by atoms with E-state index in [9.17, 15) is 9.50 Å². The normalized spacial score (nSPS) is 12.4. The summed E-state index contributed by atoms with van der Waals surface area (Å²) in [5.74, 6) is 0.251. The van der Waals surface area contributed by atoms with E-state index in [1.165, 1.54) is 12.1 Å². The molecule has 0 spiro atoms. The highest BCUT2D eigenvalue weighted by atomic mass is 19.1. The van der Waals surface area contributed by atoms with Crippen molar-refractivity contribution in [2.75, 3.05) is 6.61 Å². The smallest absolute Gasteiger partial charge is 0.134 e. The van der Waals surface area contributed by atoms with Gasteiger partial charge in [0.1, 0.15) is 11.6 Å². The van der Waals surface area contributed by atoms with Crippen LogP contribution in [0.2, 0.25) is 0 Å². The Kier molecular flexibility index (Phi) is 4.22. The molecule has 0 aliphatic rings. The van der Waals surface area contributed by atoms with E-state index in [4.69, 9.17) is 0 Å². The number of hydrogen-bond acceptors (Lipinski definition) is 3. The maximum atomic E-state index is 13.3. The molecule has 19 heavy (non-hydrogen) atoms. The summed E-state index contributed by atoms with van der Waals surface area (Å²) in [4.78, 5) is 8.81. The number of aliphatic hydroxyl groups excluding tert-OH is 1. The predicted octanol–water partition coefficient (Wildman–Crippen LogP) is 3.08. The topological polar surface area (TPSA) is 46.0 Å². The molecule has 0 saturated heterocycles. The Morgan fingerprint density at radius 3 is 2.68 bits per heavy atom. The largest absolute Gasteiger partial charge is 0.396 e. The predicted molar refractivity (Wildman–Crippen MR) is 72.3 cm³/mol. The van der Waals surface area contributed by atoms with E-state index < -0.39 is 0 Å². The lowest BCUT2D eigenvalue weighted by Gasteiger charge is -2.12. The van der Waals surface area contributed by atoms with Crippen molar-refractivity contribution in [1.29, 1.82) is 0 Å². The molecule has 1 aromatic carbocycles. The molecule has 1 aromatic heterocycles. The molecule has 4 heteroatoms. The first-order chi connectivity index (χ1) is 9.13. The molecule has 100 valence electrons. The van der Waals surface area contributed by atoms with E-state index in [1.807, 2.05) is 26.0 Å². The van der Waals surface area contributed by atoms with Crippen molar-refractivity contribution in [2.45, 2.75) is 26.2 Å². The number of benzene rings is 1. The third kappa shape index (κ3) is 3.15. The van der Waals surface area contributed by atoms with Crippen LogP contribution >= 0.6 is 0 Å². The van der Waals surface area contributed by atoms with Gasteiger partial charge in [0.25, 0.3) is 0 Å². The van der Waals surface area contributed by atoms with Gasteiger partial charge in [0.15, 0.2) is 0 Å². The molecule has 3 nitrogen and oxygen atoms in total. The molecular weight excluding hydrogens is 243 g/mol. The van der Waals surface area contributed by atoms with Gasteiger partial charge in [0, 0.05) is 17.2 Å². The standard InChI is InChI=1S/C15H17FN2O/c1-3-11(9-19)15-17-10(2)7-14(18-15)12-5-4-6-13(16)8-12/h4-8,11,19H,3,9H2,1-2H3. The number of rotatable bonds is 4. The van der Waals surface area contributed by atoms with Crippen LogP contribution in [0.1, 0.15) is 30.8 Å². The second kappa shape index (κ2) is 5.89. The maximum Gasteiger partial charge on any atom is 0.134 e. The van der Waals surface area contributed by atoms with Gasteiger partial charge in [-0.05, 0) is 31.5 Å². The quantitative estimate of drug-likeness (QED) is 0.919. The summed E-state index contributed by atoms with van der Waals surface area (Å²) in [6.45, 7) is 3.87. The van der Waals surface area contributed by atoms with Gasteiger partial charge in [-0.2, -0.15) is 0 Å². The zero-order valence-corrected chi connectivity index (χ0v) is 11.1. The number of aliphatic hydroxyl groups is 1. The van der Waals surface area contributed by atoms with Gasteiger partial charge in [0.2, 0.25) is 0 Å². The van der Waals surface area contributed by atoms with Crippen LogP contribution in [0.25, 0.3) is 11.3 Å². The SMILES string of the molecule is CCC(CO)c1nc(C)cc(-c2cccc(F)c2)n1. The fourth-order valence-electron chi connectivity index (χ4n) is 1.96. The van der Waals surface area contributed by atoms with Crippen LogP contribution in [0.3, 0.4) is 0 Å². The van der Waals surface area contributed by atoms with Crippen LogP contribution in [0.5, 0.6) is 0 Å². The first kappa shape index (κ1) is 13.6. The Hall–Kier alpha value is -1.81. The second-order valence-electron chi connectivity index (χ2n) is 4.55. The first-order valence-corrected chi connectivity index (χ1v) is 6.36. The molecule has 0 aliphatic heterocycles. The summed E-state index contributed by atoms with van der Waals surface area (Å²) in [7, 11) is 0. The molecule has 0 saturated carbocycles.